The van der Waals surface area contributed by atoms with Crippen LogP contribution in [-0.2, 0) is 6.54 Å². The summed E-state index contributed by atoms with van der Waals surface area (Å²) in [6, 6.07) is 9.54. The van der Waals surface area contributed by atoms with Gasteiger partial charge in [0.2, 0.25) is 0 Å². The lowest BCUT2D eigenvalue weighted by Gasteiger charge is -2.08. The van der Waals surface area contributed by atoms with Crippen LogP contribution in [0.3, 0.4) is 0 Å². The number of rotatable bonds is 9. The zero-order chi connectivity index (χ0) is 13.2. The highest BCUT2D eigenvalue weighted by molar-refractivity contribution is 7.99. The first-order valence-electron chi connectivity index (χ1n) is 7.17. The molecule has 1 aromatic carbocycles. The summed E-state index contributed by atoms with van der Waals surface area (Å²) in [7, 11) is 0. The van der Waals surface area contributed by atoms with Gasteiger partial charge in [0.1, 0.15) is 0 Å². The normalized spacial score (nSPS) is 11.1. The summed E-state index contributed by atoms with van der Waals surface area (Å²) in [5.74, 6) is 1.25. The predicted octanol–water partition coefficient (Wildman–Crippen LogP) is 4.86. The third-order valence-corrected chi connectivity index (χ3v) is 4.00. The lowest BCUT2D eigenvalue weighted by Crippen LogP contribution is -2.21. The Morgan fingerprint density at radius 1 is 1.06 bits per heavy atom. The van der Waals surface area contributed by atoms with Crippen LogP contribution in [0.25, 0.3) is 0 Å². The third kappa shape index (κ3) is 7.07. The Hall–Kier alpha value is -0.470. The fourth-order valence-corrected chi connectivity index (χ4v) is 2.66. The minimum atomic E-state index is 0.553. The minimum Gasteiger partial charge on any atom is -0.310 e. The molecule has 0 bridgehead atoms. The topological polar surface area (TPSA) is 12.0 Å². The molecule has 0 aliphatic heterocycles. The molecule has 0 aliphatic rings. The van der Waals surface area contributed by atoms with Gasteiger partial charge < -0.3 is 5.32 Å². The summed E-state index contributed by atoms with van der Waals surface area (Å²) >= 11 is 1.98. The fraction of sp³-hybridized carbons (Fsp3) is 0.625. The lowest BCUT2D eigenvalue weighted by molar-refractivity contribution is 0.588. The predicted molar refractivity (Wildman–Crippen MR) is 83.3 cm³/mol. The van der Waals surface area contributed by atoms with E-state index in [-0.39, 0.29) is 0 Å². The Morgan fingerprint density at radius 3 is 2.39 bits per heavy atom. The first-order valence-corrected chi connectivity index (χ1v) is 8.16. The maximum absolute atomic E-state index is 3.44. The summed E-state index contributed by atoms with van der Waals surface area (Å²) in [4.78, 5) is 1.40. The van der Waals surface area contributed by atoms with Crippen molar-refractivity contribution in [1.29, 1.82) is 0 Å². The highest BCUT2D eigenvalue weighted by Gasteiger charge is 1.97. The molecule has 0 saturated carbocycles. The van der Waals surface area contributed by atoms with Crippen molar-refractivity contribution in [2.75, 3.05) is 5.75 Å². The largest absolute Gasteiger partial charge is 0.310 e. The summed E-state index contributed by atoms with van der Waals surface area (Å²) in [5.41, 5.74) is 1.37. The van der Waals surface area contributed by atoms with Crippen LogP contribution in [0.1, 0.15) is 52.0 Å². The quantitative estimate of drug-likeness (QED) is 0.505. The van der Waals surface area contributed by atoms with E-state index in [1.54, 1.807) is 0 Å². The number of benzene rings is 1. The standard InChI is InChI=1S/C16H27NS/c1-4-5-6-7-12-18-16-10-8-15(9-11-16)13-17-14(2)3/h8-11,14,17H,4-7,12-13H2,1-3H3. The van der Waals surface area contributed by atoms with Crippen LogP contribution < -0.4 is 5.32 Å². The molecule has 0 aliphatic carbocycles. The van der Waals surface area contributed by atoms with Crippen molar-refractivity contribution < 1.29 is 0 Å². The molecule has 1 aromatic rings. The first-order chi connectivity index (χ1) is 8.72. The molecule has 18 heavy (non-hydrogen) atoms. The molecular formula is C16H27NS. The van der Waals surface area contributed by atoms with Gasteiger partial charge in [-0.25, -0.2) is 0 Å². The second kappa shape index (κ2) is 9.46. The molecule has 2 heteroatoms. The van der Waals surface area contributed by atoms with Crippen LogP contribution in [0.4, 0.5) is 0 Å². The third-order valence-electron chi connectivity index (χ3n) is 2.90. The van der Waals surface area contributed by atoms with Gasteiger partial charge in [0.25, 0.3) is 0 Å². The van der Waals surface area contributed by atoms with E-state index in [9.17, 15) is 0 Å². The van der Waals surface area contributed by atoms with Gasteiger partial charge in [0.05, 0.1) is 0 Å². The fourth-order valence-electron chi connectivity index (χ4n) is 1.74. The molecule has 0 fully saturated rings. The molecule has 1 N–H and O–H groups in total. The van der Waals surface area contributed by atoms with E-state index in [4.69, 9.17) is 0 Å². The highest BCUT2D eigenvalue weighted by atomic mass is 32.2. The van der Waals surface area contributed by atoms with Crippen molar-refractivity contribution in [3.05, 3.63) is 29.8 Å². The van der Waals surface area contributed by atoms with Gasteiger partial charge in [-0.3, -0.25) is 0 Å². The molecule has 0 aromatic heterocycles. The second-order valence-electron chi connectivity index (χ2n) is 5.09. The first kappa shape index (κ1) is 15.6. The Bertz CT molecular complexity index is 305. The van der Waals surface area contributed by atoms with Gasteiger partial charge in [-0.2, -0.15) is 0 Å². The van der Waals surface area contributed by atoms with Crippen molar-refractivity contribution in [3.8, 4) is 0 Å². The Kier molecular flexibility index (Phi) is 8.19. The zero-order valence-electron chi connectivity index (χ0n) is 12.0. The van der Waals surface area contributed by atoms with Crippen LogP contribution in [0.15, 0.2) is 29.2 Å². The van der Waals surface area contributed by atoms with Gasteiger partial charge in [-0.05, 0) is 29.9 Å². The zero-order valence-corrected chi connectivity index (χ0v) is 12.9. The Labute approximate surface area is 117 Å². The van der Waals surface area contributed by atoms with E-state index >= 15 is 0 Å². The maximum atomic E-state index is 3.44. The van der Waals surface area contributed by atoms with Gasteiger partial charge in [0.15, 0.2) is 0 Å². The minimum absolute atomic E-state index is 0.553. The van der Waals surface area contributed by atoms with Gasteiger partial charge in [0, 0.05) is 17.5 Å². The summed E-state index contributed by atoms with van der Waals surface area (Å²) in [6.07, 6.45) is 5.41. The molecule has 0 spiro atoms. The molecular weight excluding hydrogens is 238 g/mol. The molecule has 0 unspecified atom stereocenters. The van der Waals surface area contributed by atoms with E-state index in [1.807, 2.05) is 11.8 Å². The molecule has 0 amide bonds. The molecule has 1 rings (SSSR count). The van der Waals surface area contributed by atoms with Gasteiger partial charge in [-0.1, -0.05) is 52.2 Å². The monoisotopic (exact) mass is 265 g/mol. The Balaban J connectivity index is 2.23. The van der Waals surface area contributed by atoms with Crippen LogP contribution >= 0.6 is 11.8 Å². The molecule has 102 valence electrons. The smallest absolute Gasteiger partial charge is 0.0207 e. The SMILES string of the molecule is CCCCCCSc1ccc(CNC(C)C)cc1. The number of hydrogen-bond donors (Lipinski definition) is 1. The van der Waals surface area contributed by atoms with Gasteiger partial charge in [-0.15, -0.1) is 11.8 Å². The van der Waals surface area contributed by atoms with Crippen molar-refractivity contribution >= 4 is 11.8 Å². The average molecular weight is 265 g/mol. The molecule has 1 nitrogen and oxygen atoms in total. The van der Waals surface area contributed by atoms with E-state index in [1.165, 1.54) is 41.9 Å². The molecule has 0 heterocycles. The van der Waals surface area contributed by atoms with E-state index in [0.29, 0.717) is 6.04 Å². The number of thioether (sulfide) groups is 1. The van der Waals surface area contributed by atoms with Crippen LogP contribution in [0.2, 0.25) is 0 Å². The Morgan fingerprint density at radius 2 is 1.78 bits per heavy atom. The van der Waals surface area contributed by atoms with Crippen molar-refractivity contribution in [1.82, 2.24) is 5.32 Å². The molecule has 0 radical (unpaired) electrons. The van der Waals surface area contributed by atoms with Crippen molar-refractivity contribution in [2.45, 2.75) is 63.9 Å². The highest BCUT2D eigenvalue weighted by Crippen LogP contribution is 2.20. The van der Waals surface area contributed by atoms with E-state index < -0.39 is 0 Å². The summed E-state index contributed by atoms with van der Waals surface area (Å²) < 4.78 is 0. The summed E-state index contributed by atoms with van der Waals surface area (Å²) in [6.45, 7) is 7.59. The van der Waals surface area contributed by atoms with E-state index in [0.717, 1.165) is 6.54 Å². The average Bonchev–Trinajstić information content (AvgIpc) is 2.37. The van der Waals surface area contributed by atoms with Crippen molar-refractivity contribution in [2.24, 2.45) is 0 Å². The maximum Gasteiger partial charge on any atom is 0.0207 e. The number of hydrogen-bond acceptors (Lipinski definition) is 2. The number of nitrogens with one attached hydrogen (secondary N) is 1. The van der Waals surface area contributed by atoms with E-state index in [2.05, 4.69) is 50.4 Å². The lowest BCUT2D eigenvalue weighted by atomic mass is 10.2. The van der Waals surface area contributed by atoms with Gasteiger partial charge >= 0.3 is 0 Å². The van der Waals surface area contributed by atoms with Crippen LogP contribution in [-0.4, -0.2) is 11.8 Å². The van der Waals surface area contributed by atoms with Crippen molar-refractivity contribution in [3.63, 3.8) is 0 Å². The number of unbranched alkanes of at least 4 members (excludes halogenated alkanes) is 3. The molecule has 0 saturated heterocycles. The second-order valence-corrected chi connectivity index (χ2v) is 6.26. The summed E-state index contributed by atoms with van der Waals surface area (Å²) in [5, 5.41) is 3.44. The van der Waals surface area contributed by atoms with Crippen LogP contribution in [0.5, 0.6) is 0 Å². The van der Waals surface area contributed by atoms with Crippen LogP contribution in [0, 0.1) is 0 Å². The molecule has 0 atom stereocenters.